The molecule has 0 N–H and O–H groups in total. The number of piperazine rings is 1. The summed E-state index contributed by atoms with van der Waals surface area (Å²) in [6.45, 7) is 5.34. The van der Waals surface area contributed by atoms with Gasteiger partial charge in [0.1, 0.15) is 17.9 Å². The van der Waals surface area contributed by atoms with Crippen LogP contribution < -0.4 is 19.8 Å². The zero-order valence-electron chi connectivity index (χ0n) is 20.5. The van der Waals surface area contributed by atoms with Crippen molar-refractivity contribution in [2.45, 2.75) is 26.4 Å². The van der Waals surface area contributed by atoms with E-state index in [1.54, 1.807) is 29.0 Å². The van der Waals surface area contributed by atoms with Crippen molar-refractivity contribution < 1.29 is 28.2 Å². The van der Waals surface area contributed by atoms with Crippen LogP contribution in [0, 0.1) is 13.8 Å². The van der Waals surface area contributed by atoms with Crippen LogP contribution in [0.5, 0.6) is 17.2 Å². The lowest BCUT2D eigenvalue weighted by Crippen LogP contribution is -2.55. The first-order valence-electron chi connectivity index (χ1n) is 11.9. The molecule has 0 aliphatic carbocycles. The van der Waals surface area contributed by atoms with Crippen LogP contribution in [0.25, 0.3) is 11.0 Å². The average Bonchev–Trinajstić information content (AvgIpc) is 2.91. The number of para-hydroxylation sites is 2. The molecule has 0 radical (unpaired) electrons. The lowest BCUT2D eigenvalue weighted by molar-refractivity contribution is -0.146. The number of hydrogen-bond acceptors (Lipinski definition) is 7. The minimum atomic E-state index is -0.714. The van der Waals surface area contributed by atoms with Crippen molar-refractivity contribution in [1.29, 1.82) is 0 Å². The number of benzene rings is 2. The number of methoxy groups -OCH3 is 1. The Morgan fingerprint density at radius 1 is 0.972 bits per heavy atom. The van der Waals surface area contributed by atoms with E-state index < -0.39 is 11.7 Å². The molecular weight excluding hydrogens is 464 g/mol. The van der Waals surface area contributed by atoms with E-state index in [4.69, 9.17) is 18.6 Å². The number of aryl methyl sites for hydroxylation is 2. The number of amides is 2. The highest BCUT2D eigenvalue weighted by Gasteiger charge is 2.33. The second-order valence-electron chi connectivity index (χ2n) is 9.01. The molecule has 0 saturated carbocycles. The molecule has 1 aromatic heterocycles. The van der Waals surface area contributed by atoms with E-state index in [9.17, 15) is 14.4 Å². The third-order valence-electron chi connectivity index (χ3n) is 6.93. The van der Waals surface area contributed by atoms with E-state index in [2.05, 4.69) is 0 Å². The first kappa shape index (κ1) is 23.7. The smallest absolute Gasteiger partial charge is 0.340 e. The number of carbonyl (C=O) groups excluding carboxylic acids is 2. The fourth-order valence-electron chi connectivity index (χ4n) is 4.78. The quantitative estimate of drug-likeness (QED) is 0.516. The molecule has 5 rings (SSSR count). The van der Waals surface area contributed by atoms with E-state index in [-0.39, 0.29) is 24.8 Å². The molecule has 1 fully saturated rings. The van der Waals surface area contributed by atoms with Gasteiger partial charge in [-0.05, 0) is 43.7 Å². The van der Waals surface area contributed by atoms with Gasteiger partial charge >= 0.3 is 5.63 Å². The normalized spacial score (nSPS) is 17.2. The zero-order valence-corrected chi connectivity index (χ0v) is 20.5. The predicted molar refractivity (Wildman–Crippen MR) is 132 cm³/mol. The van der Waals surface area contributed by atoms with Crippen molar-refractivity contribution in [3.63, 3.8) is 0 Å². The molecule has 2 aromatic carbocycles. The molecule has 1 saturated heterocycles. The number of nitrogens with zero attached hydrogens (tertiary/aromatic N) is 2. The van der Waals surface area contributed by atoms with Crippen LogP contribution in [0.2, 0.25) is 0 Å². The first-order chi connectivity index (χ1) is 17.4. The van der Waals surface area contributed by atoms with Crippen molar-refractivity contribution in [1.82, 2.24) is 9.80 Å². The van der Waals surface area contributed by atoms with E-state index in [1.807, 2.05) is 38.1 Å². The van der Waals surface area contributed by atoms with Crippen molar-refractivity contribution in [3.05, 3.63) is 63.5 Å². The number of fused-ring (bicyclic) bond motifs is 2. The van der Waals surface area contributed by atoms with Crippen LogP contribution in [0.1, 0.15) is 16.7 Å². The van der Waals surface area contributed by atoms with Crippen molar-refractivity contribution in [3.8, 4) is 17.2 Å². The maximum Gasteiger partial charge on any atom is 0.340 e. The molecule has 188 valence electrons. The number of rotatable bonds is 4. The Kier molecular flexibility index (Phi) is 6.30. The van der Waals surface area contributed by atoms with Gasteiger partial charge in [-0.1, -0.05) is 12.1 Å². The Bertz CT molecular complexity index is 1390. The van der Waals surface area contributed by atoms with Gasteiger partial charge < -0.3 is 28.4 Å². The molecule has 0 spiro atoms. The van der Waals surface area contributed by atoms with Gasteiger partial charge in [0.15, 0.2) is 11.5 Å². The molecule has 3 aromatic rings. The van der Waals surface area contributed by atoms with Crippen molar-refractivity contribution in [2.24, 2.45) is 0 Å². The molecular formula is C27H28N2O7. The van der Waals surface area contributed by atoms with Crippen LogP contribution in [0.4, 0.5) is 0 Å². The van der Waals surface area contributed by atoms with Crippen LogP contribution in [0.15, 0.2) is 45.6 Å². The van der Waals surface area contributed by atoms with Crippen LogP contribution in [-0.4, -0.2) is 67.6 Å². The molecule has 9 nitrogen and oxygen atoms in total. The van der Waals surface area contributed by atoms with Crippen molar-refractivity contribution >= 4 is 22.8 Å². The van der Waals surface area contributed by atoms with E-state index in [1.165, 1.54) is 0 Å². The summed E-state index contributed by atoms with van der Waals surface area (Å²) in [5.41, 5.74) is 1.76. The Balaban J connectivity index is 1.23. The van der Waals surface area contributed by atoms with Crippen LogP contribution in [-0.2, 0) is 16.0 Å². The lowest BCUT2D eigenvalue weighted by Gasteiger charge is -2.37. The van der Waals surface area contributed by atoms with Gasteiger partial charge in [0.2, 0.25) is 12.0 Å². The lowest BCUT2D eigenvalue weighted by atomic mass is 10.0. The number of hydrogen-bond donors (Lipinski definition) is 0. The molecule has 9 heteroatoms. The topological polar surface area (TPSA) is 98.5 Å². The minimum absolute atomic E-state index is 0.0561. The van der Waals surface area contributed by atoms with Crippen LogP contribution >= 0.6 is 0 Å². The summed E-state index contributed by atoms with van der Waals surface area (Å²) in [6.07, 6.45) is -0.770. The Morgan fingerprint density at radius 3 is 2.39 bits per heavy atom. The highest BCUT2D eigenvalue weighted by Crippen LogP contribution is 2.32. The molecule has 2 amide bonds. The van der Waals surface area contributed by atoms with Gasteiger partial charge in [-0.25, -0.2) is 4.79 Å². The second kappa shape index (κ2) is 9.56. The average molecular weight is 493 g/mol. The van der Waals surface area contributed by atoms with Gasteiger partial charge in [-0.3, -0.25) is 9.59 Å². The molecule has 0 unspecified atom stereocenters. The van der Waals surface area contributed by atoms with E-state index >= 15 is 0 Å². The molecule has 36 heavy (non-hydrogen) atoms. The summed E-state index contributed by atoms with van der Waals surface area (Å²) >= 11 is 0. The number of ether oxygens (including phenoxy) is 3. The van der Waals surface area contributed by atoms with E-state index in [0.29, 0.717) is 54.6 Å². The number of carbonyl (C=O) groups is 2. The second-order valence-corrected chi connectivity index (χ2v) is 9.01. The van der Waals surface area contributed by atoms with Gasteiger partial charge in [0.05, 0.1) is 19.1 Å². The SMILES string of the molecule is COc1ccc2c(C)c(CC(=O)N3CCN(C(=O)[C@H]4COc5ccccc5O4)CC3)c(=O)oc2c1C. The maximum absolute atomic E-state index is 13.1. The molecule has 3 heterocycles. The Hall–Kier alpha value is -4.01. The predicted octanol–water partition coefficient (Wildman–Crippen LogP) is 2.47. The van der Waals surface area contributed by atoms with Gasteiger partial charge in [0.25, 0.3) is 5.91 Å². The Labute approximate surface area is 208 Å². The van der Waals surface area contributed by atoms with Gasteiger partial charge in [0, 0.05) is 37.1 Å². The molecule has 1 atom stereocenters. The summed E-state index contributed by atoms with van der Waals surface area (Å²) in [5, 5.41) is 0.780. The Morgan fingerprint density at radius 2 is 1.67 bits per heavy atom. The molecule has 0 bridgehead atoms. The summed E-state index contributed by atoms with van der Waals surface area (Å²) < 4.78 is 22.4. The van der Waals surface area contributed by atoms with E-state index in [0.717, 1.165) is 16.5 Å². The molecule has 2 aliphatic heterocycles. The van der Waals surface area contributed by atoms with Gasteiger partial charge in [-0.15, -0.1) is 0 Å². The fraction of sp³-hybridized carbons (Fsp3) is 0.370. The third kappa shape index (κ3) is 4.25. The van der Waals surface area contributed by atoms with Crippen LogP contribution in [0.3, 0.4) is 0 Å². The van der Waals surface area contributed by atoms with Crippen molar-refractivity contribution in [2.75, 3.05) is 39.9 Å². The maximum atomic E-state index is 13.1. The standard InChI is InChI=1S/C27H28N2O7/c1-16-18-8-9-20(33-3)17(2)25(18)36-27(32)19(16)14-24(30)28-10-12-29(13-11-28)26(31)23-15-34-21-6-4-5-7-22(21)35-23/h4-9,23H,10-15H2,1-3H3/t23-/m1/s1. The van der Waals surface area contributed by atoms with Gasteiger partial charge in [-0.2, -0.15) is 0 Å². The fourth-order valence-corrected chi connectivity index (χ4v) is 4.78. The third-order valence-corrected chi connectivity index (χ3v) is 6.93. The minimum Gasteiger partial charge on any atom is -0.496 e. The summed E-state index contributed by atoms with van der Waals surface area (Å²) in [6, 6.07) is 10.9. The first-order valence-corrected chi connectivity index (χ1v) is 11.9. The molecule has 2 aliphatic rings. The highest BCUT2D eigenvalue weighted by molar-refractivity contribution is 5.88. The zero-order chi connectivity index (χ0) is 25.4. The highest BCUT2D eigenvalue weighted by atomic mass is 16.6. The summed E-state index contributed by atoms with van der Waals surface area (Å²) in [5.74, 6) is 1.48. The summed E-state index contributed by atoms with van der Waals surface area (Å²) in [4.78, 5) is 42.2. The largest absolute Gasteiger partial charge is 0.496 e. The summed E-state index contributed by atoms with van der Waals surface area (Å²) in [7, 11) is 1.56. The monoisotopic (exact) mass is 492 g/mol.